The van der Waals surface area contributed by atoms with Crippen LogP contribution >= 0.6 is 0 Å². The second-order valence-electron chi connectivity index (χ2n) is 13.5. The molecule has 5 rings (SSSR count). The normalized spacial score (nSPS) is 13.0. The van der Waals surface area contributed by atoms with Crippen molar-refractivity contribution < 1.29 is 53.6 Å². The zero-order valence-electron chi connectivity index (χ0n) is 32.1. The molecule has 1 aliphatic rings. The Balaban J connectivity index is 1.18. The van der Waals surface area contributed by atoms with Gasteiger partial charge in [-0.2, -0.15) is 5.26 Å². The standard InChI is InChI=1S/C42H42N6O11/c1-58-35-30(19-17-28(33(35)49)40(54)47-31-20-18-29(42(56)57)34(50)36(31)59-2)46-38(52)24-11-15-27(16-12-24)45-41(55)32(21-22-43)48-39(53)25-9-13-26(14-10-25)44-37(51)23-7-5-3-4-6-8-23/h9-20,23,32,49-50H,3-8,21H2,1-2H3,(H,44,51)(H,45,55)(H,46,52)(H,47,54)(H,48,53)(H,56,57)/t32-/m0/s1. The first kappa shape index (κ1) is 42.5. The zero-order valence-corrected chi connectivity index (χ0v) is 32.1. The molecule has 1 saturated carbocycles. The first-order valence-electron chi connectivity index (χ1n) is 18.5. The lowest BCUT2D eigenvalue weighted by molar-refractivity contribution is -0.120. The molecule has 0 radical (unpaired) electrons. The van der Waals surface area contributed by atoms with Gasteiger partial charge in [0.05, 0.1) is 43.6 Å². The van der Waals surface area contributed by atoms with E-state index in [4.69, 9.17) is 9.47 Å². The molecule has 0 aliphatic heterocycles. The average molecular weight is 807 g/mol. The van der Waals surface area contributed by atoms with Crippen molar-refractivity contribution in [2.45, 2.75) is 51.0 Å². The predicted molar refractivity (Wildman–Crippen MR) is 215 cm³/mol. The quantitative estimate of drug-likeness (QED) is 0.0695. The minimum atomic E-state index is -1.42. The number of carboxylic acids is 1. The fourth-order valence-electron chi connectivity index (χ4n) is 6.46. The van der Waals surface area contributed by atoms with Gasteiger partial charge in [0, 0.05) is 28.4 Å². The summed E-state index contributed by atoms with van der Waals surface area (Å²) in [6.45, 7) is 0. The van der Waals surface area contributed by atoms with Crippen molar-refractivity contribution >= 4 is 58.3 Å². The fraction of sp³-hybridized carbons (Fsp3) is 0.262. The van der Waals surface area contributed by atoms with E-state index in [0.29, 0.717) is 5.69 Å². The monoisotopic (exact) mass is 806 g/mol. The van der Waals surface area contributed by atoms with Crippen molar-refractivity contribution in [3.8, 4) is 29.1 Å². The van der Waals surface area contributed by atoms with Gasteiger partial charge in [-0.25, -0.2) is 4.79 Å². The fourth-order valence-corrected chi connectivity index (χ4v) is 6.46. The Hall–Kier alpha value is -7.61. The Labute approximate surface area is 338 Å². The highest BCUT2D eigenvalue weighted by Gasteiger charge is 2.25. The maximum atomic E-state index is 13.2. The van der Waals surface area contributed by atoms with Crippen LogP contribution in [0.2, 0.25) is 0 Å². The van der Waals surface area contributed by atoms with E-state index in [-0.39, 0.29) is 63.5 Å². The number of rotatable bonds is 14. The van der Waals surface area contributed by atoms with Crippen LogP contribution in [0.5, 0.6) is 23.0 Å². The SMILES string of the molecule is COc1c(NC(=O)c2ccc(NC(=O)c3ccc(NC(=O)[C@H](CC#N)NC(=O)c4ccc(NC(=O)C5CCCCCC5)cc4)cc3)c(OC)c2O)ccc(C(=O)O)c1O. The number of methoxy groups -OCH3 is 2. The summed E-state index contributed by atoms with van der Waals surface area (Å²) in [5.74, 6) is -6.26. The van der Waals surface area contributed by atoms with Gasteiger partial charge in [-0.05, 0) is 85.6 Å². The number of phenols is 2. The third-order valence-electron chi connectivity index (χ3n) is 9.62. The van der Waals surface area contributed by atoms with E-state index >= 15 is 0 Å². The Morgan fingerprint density at radius 3 is 1.68 bits per heavy atom. The molecule has 0 spiro atoms. The number of amides is 5. The number of anilines is 4. The molecular weight excluding hydrogens is 764 g/mol. The highest BCUT2D eigenvalue weighted by Crippen LogP contribution is 2.40. The summed E-state index contributed by atoms with van der Waals surface area (Å²) in [6.07, 6.45) is 5.66. The van der Waals surface area contributed by atoms with Crippen LogP contribution < -0.4 is 36.1 Å². The van der Waals surface area contributed by atoms with Crippen LogP contribution in [0.4, 0.5) is 22.7 Å². The lowest BCUT2D eigenvalue weighted by Gasteiger charge is -2.17. The highest BCUT2D eigenvalue weighted by atomic mass is 16.5. The molecule has 59 heavy (non-hydrogen) atoms. The maximum Gasteiger partial charge on any atom is 0.339 e. The molecule has 8 N–H and O–H groups in total. The molecule has 306 valence electrons. The summed E-state index contributed by atoms with van der Waals surface area (Å²) in [5.41, 5.74) is 0.301. The van der Waals surface area contributed by atoms with Gasteiger partial charge >= 0.3 is 5.97 Å². The van der Waals surface area contributed by atoms with Gasteiger partial charge in [-0.1, -0.05) is 25.7 Å². The van der Waals surface area contributed by atoms with E-state index in [9.17, 15) is 49.3 Å². The summed E-state index contributed by atoms with van der Waals surface area (Å²) in [4.78, 5) is 76.5. The van der Waals surface area contributed by atoms with Gasteiger partial charge in [0.1, 0.15) is 11.6 Å². The smallest absolute Gasteiger partial charge is 0.339 e. The maximum absolute atomic E-state index is 13.2. The second kappa shape index (κ2) is 19.5. The summed E-state index contributed by atoms with van der Waals surface area (Å²) < 4.78 is 10.3. The minimum Gasteiger partial charge on any atom is -0.504 e. The minimum absolute atomic E-state index is 0.00531. The lowest BCUT2D eigenvalue weighted by Crippen LogP contribution is -2.43. The van der Waals surface area contributed by atoms with Crippen LogP contribution in [0.25, 0.3) is 0 Å². The van der Waals surface area contributed by atoms with Gasteiger partial charge in [0.2, 0.25) is 11.8 Å². The third-order valence-corrected chi connectivity index (χ3v) is 9.62. The number of nitrogens with zero attached hydrogens (tertiary/aromatic N) is 1. The van der Waals surface area contributed by atoms with Crippen molar-refractivity contribution in [1.29, 1.82) is 5.26 Å². The van der Waals surface area contributed by atoms with E-state index in [2.05, 4.69) is 26.6 Å². The van der Waals surface area contributed by atoms with E-state index in [1.807, 2.05) is 6.07 Å². The number of nitriles is 1. The van der Waals surface area contributed by atoms with E-state index in [0.717, 1.165) is 51.7 Å². The van der Waals surface area contributed by atoms with Crippen LogP contribution in [0.3, 0.4) is 0 Å². The molecule has 4 aromatic carbocycles. The Morgan fingerprint density at radius 1 is 0.661 bits per heavy atom. The van der Waals surface area contributed by atoms with Crippen LogP contribution in [0.1, 0.15) is 86.4 Å². The number of carboxylic acid groups (broad SMARTS) is 1. The molecule has 17 heteroatoms. The second-order valence-corrected chi connectivity index (χ2v) is 13.5. The average Bonchev–Trinajstić information content (AvgIpc) is 3.51. The van der Waals surface area contributed by atoms with E-state index in [1.165, 1.54) is 61.7 Å². The summed E-state index contributed by atoms with van der Waals surface area (Å²) >= 11 is 0. The van der Waals surface area contributed by atoms with Crippen molar-refractivity contribution in [1.82, 2.24) is 5.32 Å². The zero-order chi connectivity index (χ0) is 42.6. The lowest BCUT2D eigenvalue weighted by atomic mass is 9.99. The Morgan fingerprint density at radius 2 is 1.15 bits per heavy atom. The predicted octanol–water partition coefficient (Wildman–Crippen LogP) is 5.88. The molecular formula is C42H42N6O11. The molecule has 1 atom stereocenters. The first-order valence-corrected chi connectivity index (χ1v) is 18.5. The molecule has 0 aromatic heterocycles. The van der Waals surface area contributed by atoms with Crippen LogP contribution in [-0.4, -0.2) is 71.1 Å². The van der Waals surface area contributed by atoms with Gasteiger partial charge in [-0.15, -0.1) is 0 Å². The molecule has 0 bridgehead atoms. The highest BCUT2D eigenvalue weighted by molar-refractivity contribution is 6.10. The van der Waals surface area contributed by atoms with Crippen molar-refractivity contribution in [2.24, 2.45) is 5.92 Å². The third kappa shape index (κ3) is 10.4. The van der Waals surface area contributed by atoms with Gasteiger partial charge in [-0.3, -0.25) is 24.0 Å². The van der Waals surface area contributed by atoms with Gasteiger partial charge < -0.3 is 51.4 Å². The molecule has 4 aromatic rings. The number of ether oxygens (including phenoxy) is 2. The van der Waals surface area contributed by atoms with Crippen LogP contribution in [-0.2, 0) is 9.59 Å². The molecule has 17 nitrogen and oxygen atoms in total. The number of hydrogen-bond acceptors (Lipinski definition) is 11. The Kier molecular flexibility index (Phi) is 14.1. The van der Waals surface area contributed by atoms with Crippen LogP contribution in [0.15, 0.2) is 72.8 Å². The van der Waals surface area contributed by atoms with Gasteiger partial charge in [0.25, 0.3) is 17.7 Å². The molecule has 1 aliphatic carbocycles. The molecule has 1 fully saturated rings. The number of aromatic carboxylic acids is 1. The molecule has 0 unspecified atom stereocenters. The number of benzene rings is 4. The number of aromatic hydroxyl groups is 2. The topological polar surface area (TPSA) is 266 Å². The largest absolute Gasteiger partial charge is 0.504 e. The number of carbonyl (C=O) groups is 6. The van der Waals surface area contributed by atoms with Crippen LogP contribution in [0, 0.1) is 17.2 Å². The van der Waals surface area contributed by atoms with Crippen molar-refractivity contribution in [3.63, 3.8) is 0 Å². The Bertz CT molecular complexity index is 2280. The van der Waals surface area contributed by atoms with E-state index < -0.39 is 52.7 Å². The number of hydrogen-bond donors (Lipinski definition) is 8. The summed E-state index contributed by atoms with van der Waals surface area (Å²) in [6, 6.07) is 17.3. The number of phenolic OH excluding ortho intramolecular Hbond substituents is 1. The van der Waals surface area contributed by atoms with E-state index in [1.54, 1.807) is 12.1 Å². The molecule has 5 amide bonds. The number of carbonyl (C=O) groups excluding carboxylic acids is 5. The van der Waals surface area contributed by atoms with Crippen molar-refractivity contribution in [2.75, 3.05) is 35.5 Å². The van der Waals surface area contributed by atoms with Gasteiger partial charge in [0.15, 0.2) is 23.0 Å². The molecule has 0 heterocycles. The number of nitrogens with one attached hydrogen (secondary N) is 5. The summed E-state index contributed by atoms with van der Waals surface area (Å²) in [7, 11) is 2.37. The molecule has 0 saturated heterocycles. The first-order chi connectivity index (χ1) is 28.3. The summed E-state index contributed by atoms with van der Waals surface area (Å²) in [5, 5.41) is 52.9. The van der Waals surface area contributed by atoms with Crippen molar-refractivity contribution in [3.05, 3.63) is 95.1 Å².